The van der Waals surface area contributed by atoms with Gasteiger partial charge in [0.05, 0.1) is 18.4 Å². The molecule has 7 nitrogen and oxygen atoms in total. The summed E-state index contributed by atoms with van der Waals surface area (Å²) in [5.74, 6) is -0.300. The lowest BCUT2D eigenvalue weighted by molar-refractivity contribution is 0.0947. The van der Waals surface area contributed by atoms with Gasteiger partial charge in [0.15, 0.2) is 0 Å². The number of carbonyl (C=O) groups excluding carboxylic acids is 1. The lowest BCUT2D eigenvalue weighted by atomic mass is 9.96. The smallest absolute Gasteiger partial charge is 0.254 e. The highest BCUT2D eigenvalue weighted by molar-refractivity contribution is 5.96. The molecule has 1 aliphatic rings. The SMILES string of the molecule is Cc1cc(F)c(C(=O)NC2CC2)cc1-c1cnc(N[C@@H](C)CO)c(-c2cnn(C)c2C)c1. The van der Waals surface area contributed by atoms with Gasteiger partial charge in [-0.1, -0.05) is 0 Å². The zero-order valence-electron chi connectivity index (χ0n) is 18.7. The number of benzene rings is 1. The monoisotopic (exact) mass is 437 g/mol. The van der Waals surface area contributed by atoms with Crippen LogP contribution in [0.3, 0.4) is 0 Å². The third-order valence-corrected chi connectivity index (χ3v) is 5.85. The molecule has 0 saturated heterocycles. The number of nitrogens with one attached hydrogen (secondary N) is 2. The normalized spacial score (nSPS) is 14.3. The standard InChI is InChI=1S/C24H28FN5O2/c1-13-7-22(25)20(24(32)29-17-5-6-17)9-18(13)16-8-19(21-11-27-30(4)15(21)3)23(26-10-16)28-14(2)12-31/h7-11,14,17,31H,5-6,12H2,1-4H3,(H,26,28)(H,29,32)/t14-/m0/s1. The molecule has 8 heteroatoms. The Morgan fingerprint density at radius 2 is 1.97 bits per heavy atom. The Kier molecular flexibility index (Phi) is 5.97. The van der Waals surface area contributed by atoms with E-state index in [2.05, 4.69) is 20.7 Å². The summed E-state index contributed by atoms with van der Waals surface area (Å²) in [4.78, 5) is 17.2. The van der Waals surface area contributed by atoms with Gasteiger partial charge in [0.2, 0.25) is 0 Å². The van der Waals surface area contributed by atoms with Gasteiger partial charge in [-0.25, -0.2) is 9.37 Å². The number of pyridine rings is 1. The van der Waals surface area contributed by atoms with E-state index in [1.165, 1.54) is 6.07 Å². The first-order valence-electron chi connectivity index (χ1n) is 10.8. The zero-order valence-corrected chi connectivity index (χ0v) is 18.7. The second-order valence-corrected chi connectivity index (χ2v) is 8.51. The minimum atomic E-state index is -0.532. The molecule has 0 aliphatic heterocycles. The summed E-state index contributed by atoms with van der Waals surface area (Å²) in [6.45, 7) is 5.61. The van der Waals surface area contributed by atoms with E-state index >= 15 is 0 Å². The molecular formula is C24H28FN5O2. The molecule has 0 spiro atoms. The molecule has 1 fully saturated rings. The van der Waals surface area contributed by atoms with E-state index in [-0.39, 0.29) is 24.3 Å². The number of hydrogen-bond acceptors (Lipinski definition) is 5. The van der Waals surface area contributed by atoms with E-state index in [9.17, 15) is 14.3 Å². The minimum Gasteiger partial charge on any atom is -0.394 e. The van der Waals surface area contributed by atoms with Crippen molar-refractivity contribution >= 4 is 11.7 Å². The van der Waals surface area contributed by atoms with E-state index in [4.69, 9.17) is 0 Å². The molecule has 1 saturated carbocycles. The van der Waals surface area contributed by atoms with Crippen molar-refractivity contribution in [3.63, 3.8) is 0 Å². The maximum atomic E-state index is 14.6. The molecule has 3 N–H and O–H groups in total. The van der Waals surface area contributed by atoms with Crippen molar-refractivity contribution in [3.05, 3.63) is 53.2 Å². The quantitative estimate of drug-likeness (QED) is 0.525. The van der Waals surface area contributed by atoms with Crippen molar-refractivity contribution in [2.45, 2.75) is 45.7 Å². The van der Waals surface area contributed by atoms with Crippen molar-refractivity contribution in [2.75, 3.05) is 11.9 Å². The summed E-state index contributed by atoms with van der Waals surface area (Å²) >= 11 is 0. The number of aliphatic hydroxyl groups excluding tert-OH is 1. The minimum absolute atomic E-state index is 0.0349. The lowest BCUT2D eigenvalue weighted by Crippen LogP contribution is -2.26. The molecule has 1 amide bonds. The number of hydrogen-bond donors (Lipinski definition) is 3. The Morgan fingerprint density at radius 1 is 1.22 bits per heavy atom. The number of aromatic nitrogens is 3. The summed E-state index contributed by atoms with van der Waals surface area (Å²) in [5.41, 5.74) is 4.94. The van der Waals surface area contributed by atoms with Crippen LogP contribution in [0.5, 0.6) is 0 Å². The summed E-state index contributed by atoms with van der Waals surface area (Å²) in [7, 11) is 1.87. The van der Waals surface area contributed by atoms with Crippen LogP contribution >= 0.6 is 0 Å². The van der Waals surface area contributed by atoms with Gasteiger partial charge in [0, 0.05) is 47.7 Å². The largest absolute Gasteiger partial charge is 0.394 e. The van der Waals surface area contributed by atoms with E-state index in [0.717, 1.165) is 40.8 Å². The van der Waals surface area contributed by atoms with Crippen molar-refractivity contribution in [1.82, 2.24) is 20.1 Å². The van der Waals surface area contributed by atoms with Crippen molar-refractivity contribution in [2.24, 2.45) is 7.05 Å². The maximum Gasteiger partial charge on any atom is 0.254 e. The van der Waals surface area contributed by atoms with Gasteiger partial charge in [0.1, 0.15) is 11.6 Å². The number of halogens is 1. The van der Waals surface area contributed by atoms with Gasteiger partial charge in [-0.15, -0.1) is 0 Å². The molecule has 1 aromatic carbocycles. The van der Waals surface area contributed by atoms with Crippen LogP contribution in [-0.4, -0.2) is 44.5 Å². The van der Waals surface area contributed by atoms with Crippen LogP contribution < -0.4 is 10.6 Å². The van der Waals surface area contributed by atoms with Crippen LogP contribution in [0, 0.1) is 19.7 Å². The fourth-order valence-corrected chi connectivity index (χ4v) is 3.62. The van der Waals surface area contributed by atoms with Crippen LogP contribution in [0.15, 0.2) is 30.6 Å². The Labute approximate surface area is 186 Å². The fraction of sp³-hybridized carbons (Fsp3) is 0.375. The third-order valence-electron chi connectivity index (χ3n) is 5.85. The molecular weight excluding hydrogens is 409 g/mol. The second-order valence-electron chi connectivity index (χ2n) is 8.51. The zero-order chi connectivity index (χ0) is 23.0. The van der Waals surface area contributed by atoms with E-state index in [1.54, 1.807) is 23.1 Å². The van der Waals surface area contributed by atoms with Crippen LogP contribution in [0.2, 0.25) is 0 Å². The summed E-state index contributed by atoms with van der Waals surface area (Å²) in [6.07, 6.45) is 5.34. The van der Waals surface area contributed by atoms with E-state index in [1.807, 2.05) is 33.9 Å². The molecule has 2 heterocycles. The Bertz CT molecular complexity index is 1170. The first-order valence-corrected chi connectivity index (χ1v) is 10.8. The lowest BCUT2D eigenvalue weighted by Gasteiger charge is -2.17. The molecule has 0 radical (unpaired) electrons. The van der Waals surface area contributed by atoms with Crippen LogP contribution in [0.4, 0.5) is 10.2 Å². The second kappa shape index (κ2) is 8.70. The van der Waals surface area contributed by atoms with Gasteiger partial charge in [-0.05, 0) is 62.9 Å². The highest BCUT2D eigenvalue weighted by Crippen LogP contribution is 2.35. The first kappa shape index (κ1) is 22.0. The third kappa shape index (κ3) is 4.36. The Hall–Kier alpha value is -3.26. The molecule has 0 bridgehead atoms. The summed E-state index contributed by atoms with van der Waals surface area (Å²) in [5, 5.41) is 19.9. The molecule has 1 aliphatic carbocycles. The molecule has 4 rings (SSSR count). The van der Waals surface area contributed by atoms with Gasteiger partial charge < -0.3 is 15.7 Å². The van der Waals surface area contributed by atoms with Gasteiger partial charge >= 0.3 is 0 Å². The average molecular weight is 438 g/mol. The molecule has 2 aromatic heterocycles. The summed E-state index contributed by atoms with van der Waals surface area (Å²) in [6, 6.07) is 4.92. The number of aliphatic hydroxyl groups is 1. The maximum absolute atomic E-state index is 14.6. The predicted octanol–water partition coefficient (Wildman–Crippen LogP) is 3.59. The van der Waals surface area contributed by atoms with Crippen LogP contribution in [0.25, 0.3) is 22.3 Å². The van der Waals surface area contributed by atoms with E-state index in [0.29, 0.717) is 11.4 Å². The highest BCUT2D eigenvalue weighted by atomic mass is 19.1. The predicted molar refractivity (Wildman–Crippen MR) is 122 cm³/mol. The number of amides is 1. The Morgan fingerprint density at radius 3 is 2.59 bits per heavy atom. The molecule has 3 aromatic rings. The number of anilines is 1. The molecule has 1 atom stereocenters. The number of aryl methyl sites for hydroxylation is 2. The fourth-order valence-electron chi connectivity index (χ4n) is 3.62. The number of carbonyl (C=O) groups is 1. The van der Waals surface area contributed by atoms with Gasteiger partial charge in [-0.2, -0.15) is 5.10 Å². The Balaban J connectivity index is 1.81. The number of rotatable bonds is 7. The molecule has 0 unspecified atom stereocenters. The van der Waals surface area contributed by atoms with Crippen LogP contribution in [0.1, 0.15) is 41.4 Å². The van der Waals surface area contributed by atoms with Crippen LogP contribution in [-0.2, 0) is 7.05 Å². The molecule has 32 heavy (non-hydrogen) atoms. The van der Waals surface area contributed by atoms with E-state index < -0.39 is 11.7 Å². The first-order chi connectivity index (χ1) is 15.3. The molecule has 168 valence electrons. The van der Waals surface area contributed by atoms with Gasteiger partial charge in [-0.3, -0.25) is 9.48 Å². The summed E-state index contributed by atoms with van der Waals surface area (Å²) < 4.78 is 16.4. The topological polar surface area (TPSA) is 92.1 Å². The van der Waals surface area contributed by atoms with Crippen molar-refractivity contribution in [1.29, 1.82) is 0 Å². The van der Waals surface area contributed by atoms with Gasteiger partial charge in [0.25, 0.3) is 5.91 Å². The highest BCUT2D eigenvalue weighted by Gasteiger charge is 2.26. The van der Waals surface area contributed by atoms with Crippen molar-refractivity contribution in [3.8, 4) is 22.3 Å². The average Bonchev–Trinajstić information content (AvgIpc) is 3.52. The number of nitrogens with zero attached hydrogens (tertiary/aromatic N) is 3. The van der Waals surface area contributed by atoms with Crippen molar-refractivity contribution < 1.29 is 14.3 Å².